The molecule has 0 saturated carbocycles. The van der Waals surface area contributed by atoms with Crippen LogP contribution in [-0.2, 0) is 17.9 Å². The summed E-state index contributed by atoms with van der Waals surface area (Å²) in [6.45, 7) is 1.87. The number of hydrogen-bond acceptors (Lipinski definition) is 3. The van der Waals surface area contributed by atoms with Gasteiger partial charge in [-0.1, -0.05) is 60.7 Å². The van der Waals surface area contributed by atoms with Crippen molar-refractivity contribution >= 4 is 17.3 Å². The van der Waals surface area contributed by atoms with E-state index in [0.717, 1.165) is 24.5 Å². The van der Waals surface area contributed by atoms with Gasteiger partial charge in [0.05, 0.1) is 6.54 Å². The van der Waals surface area contributed by atoms with E-state index in [9.17, 15) is 4.79 Å². The van der Waals surface area contributed by atoms with Crippen molar-refractivity contribution in [3.8, 4) is 0 Å². The summed E-state index contributed by atoms with van der Waals surface area (Å²) >= 11 is 0. The highest BCUT2D eigenvalue weighted by Gasteiger charge is 2.07. The Morgan fingerprint density at radius 1 is 0.778 bits per heavy atom. The summed E-state index contributed by atoms with van der Waals surface area (Å²) in [7, 11) is 1.95. The number of nitrogens with one attached hydrogen (secondary N) is 2. The standard InChI is InChI=1S/C23H25N3O/c1-26(17-20-10-6-3-7-11-20)18-23(27)25-22-14-12-21(13-15-22)24-16-19-8-4-2-5-9-19/h2-15,24H,16-18H2,1H3,(H,25,27). The number of likely N-dealkylation sites (N-methyl/N-ethyl adjacent to an activating group) is 1. The smallest absolute Gasteiger partial charge is 0.238 e. The van der Waals surface area contributed by atoms with E-state index in [1.54, 1.807) is 0 Å². The molecule has 1 amide bonds. The molecule has 0 spiro atoms. The first-order valence-corrected chi connectivity index (χ1v) is 9.09. The molecule has 138 valence electrons. The fourth-order valence-corrected chi connectivity index (χ4v) is 2.87. The lowest BCUT2D eigenvalue weighted by molar-refractivity contribution is -0.117. The molecule has 2 N–H and O–H groups in total. The molecule has 3 rings (SSSR count). The maximum Gasteiger partial charge on any atom is 0.238 e. The molecule has 0 aliphatic carbocycles. The number of benzene rings is 3. The topological polar surface area (TPSA) is 44.4 Å². The van der Waals surface area contributed by atoms with Crippen LogP contribution in [-0.4, -0.2) is 24.4 Å². The first-order chi connectivity index (χ1) is 13.2. The molecule has 0 aliphatic heterocycles. The highest BCUT2D eigenvalue weighted by atomic mass is 16.2. The molecular weight excluding hydrogens is 334 g/mol. The molecule has 0 radical (unpaired) electrons. The predicted molar refractivity (Wildman–Crippen MR) is 112 cm³/mol. The molecule has 0 atom stereocenters. The second kappa shape index (κ2) is 9.55. The van der Waals surface area contributed by atoms with Gasteiger partial charge in [-0.3, -0.25) is 9.69 Å². The monoisotopic (exact) mass is 359 g/mol. The lowest BCUT2D eigenvalue weighted by Gasteiger charge is -2.16. The van der Waals surface area contributed by atoms with Crippen molar-refractivity contribution < 1.29 is 4.79 Å². The van der Waals surface area contributed by atoms with Crippen molar-refractivity contribution in [3.63, 3.8) is 0 Å². The fraction of sp³-hybridized carbons (Fsp3) is 0.174. The average Bonchev–Trinajstić information content (AvgIpc) is 2.69. The van der Waals surface area contributed by atoms with Crippen LogP contribution >= 0.6 is 0 Å². The van der Waals surface area contributed by atoms with E-state index in [4.69, 9.17) is 0 Å². The van der Waals surface area contributed by atoms with Crippen LogP contribution in [0.3, 0.4) is 0 Å². The van der Waals surface area contributed by atoms with Gasteiger partial charge in [0.2, 0.25) is 5.91 Å². The molecular formula is C23H25N3O. The molecule has 27 heavy (non-hydrogen) atoms. The zero-order valence-electron chi connectivity index (χ0n) is 15.6. The van der Waals surface area contributed by atoms with Gasteiger partial charge in [0.1, 0.15) is 0 Å². The van der Waals surface area contributed by atoms with Gasteiger partial charge in [-0.2, -0.15) is 0 Å². The molecule has 4 heteroatoms. The second-order valence-corrected chi connectivity index (χ2v) is 6.62. The van der Waals surface area contributed by atoms with Crippen LogP contribution in [0.1, 0.15) is 11.1 Å². The molecule has 3 aromatic rings. The van der Waals surface area contributed by atoms with E-state index in [0.29, 0.717) is 6.54 Å². The van der Waals surface area contributed by atoms with Crippen LogP contribution in [0.4, 0.5) is 11.4 Å². The maximum atomic E-state index is 12.2. The number of anilines is 2. The molecule has 0 saturated heterocycles. The zero-order valence-corrected chi connectivity index (χ0v) is 15.6. The van der Waals surface area contributed by atoms with Crippen molar-refractivity contribution in [2.24, 2.45) is 0 Å². The number of carbonyl (C=O) groups is 1. The van der Waals surface area contributed by atoms with Gasteiger partial charge in [-0.05, 0) is 42.4 Å². The Kier molecular flexibility index (Phi) is 6.61. The summed E-state index contributed by atoms with van der Waals surface area (Å²) in [6, 6.07) is 28.2. The highest BCUT2D eigenvalue weighted by Crippen LogP contribution is 2.15. The molecule has 3 aromatic carbocycles. The van der Waals surface area contributed by atoms with Crippen molar-refractivity contribution in [3.05, 3.63) is 96.1 Å². The largest absolute Gasteiger partial charge is 0.381 e. The Balaban J connectivity index is 1.45. The maximum absolute atomic E-state index is 12.2. The molecule has 0 fully saturated rings. The van der Waals surface area contributed by atoms with Crippen LogP contribution in [0.2, 0.25) is 0 Å². The molecule has 0 aromatic heterocycles. The summed E-state index contributed by atoms with van der Waals surface area (Å²) in [5, 5.41) is 6.33. The summed E-state index contributed by atoms with van der Waals surface area (Å²) < 4.78 is 0. The van der Waals surface area contributed by atoms with Crippen LogP contribution in [0.25, 0.3) is 0 Å². The van der Waals surface area contributed by atoms with E-state index in [1.807, 2.05) is 72.6 Å². The van der Waals surface area contributed by atoms with Gasteiger partial charge in [0.15, 0.2) is 0 Å². The van der Waals surface area contributed by atoms with E-state index < -0.39 is 0 Å². The fourth-order valence-electron chi connectivity index (χ4n) is 2.87. The molecule has 0 bridgehead atoms. The minimum atomic E-state index is -0.0153. The number of nitrogens with zero attached hydrogens (tertiary/aromatic N) is 1. The van der Waals surface area contributed by atoms with Crippen molar-refractivity contribution in [1.82, 2.24) is 4.90 Å². The lowest BCUT2D eigenvalue weighted by Crippen LogP contribution is -2.29. The predicted octanol–water partition coefficient (Wildman–Crippen LogP) is 4.37. The third kappa shape index (κ3) is 6.28. The summed E-state index contributed by atoms with van der Waals surface area (Å²) in [4.78, 5) is 14.2. The van der Waals surface area contributed by atoms with E-state index >= 15 is 0 Å². The van der Waals surface area contributed by atoms with Gasteiger partial charge in [-0.25, -0.2) is 0 Å². The Morgan fingerprint density at radius 2 is 1.33 bits per heavy atom. The lowest BCUT2D eigenvalue weighted by atomic mass is 10.2. The Labute approximate surface area is 160 Å². The summed E-state index contributed by atoms with van der Waals surface area (Å²) in [5.41, 5.74) is 4.26. The van der Waals surface area contributed by atoms with Crippen LogP contribution in [0, 0.1) is 0 Å². The minimum Gasteiger partial charge on any atom is -0.381 e. The van der Waals surface area contributed by atoms with E-state index in [-0.39, 0.29) is 5.91 Å². The number of carbonyl (C=O) groups excluding carboxylic acids is 1. The first-order valence-electron chi connectivity index (χ1n) is 9.09. The Bertz CT molecular complexity index is 833. The molecule has 0 unspecified atom stereocenters. The van der Waals surface area contributed by atoms with Crippen molar-refractivity contribution in [1.29, 1.82) is 0 Å². The number of hydrogen-bond donors (Lipinski definition) is 2. The Hall–Kier alpha value is -3.11. The third-order valence-electron chi connectivity index (χ3n) is 4.22. The average molecular weight is 359 g/mol. The quantitative estimate of drug-likeness (QED) is 0.628. The molecule has 4 nitrogen and oxygen atoms in total. The first kappa shape index (κ1) is 18.7. The summed E-state index contributed by atoms with van der Waals surface area (Å²) in [6.07, 6.45) is 0. The normalized spacial score (nSPS) is 10.6. The SMILES string of the molecule is CN(CC(=O)Nc1ccc(NCc2ccccc2)cc1)Cc1ccccc1. The zero-order chi connectivity index (χ0) is 18.9. The van der Waals surface area contributed by atoms with Crippen molar-refractivity contribution in [2.45, 2.75) is 13.1 Å². The van der Waals surface area contributed by atoms with Gasteiger partial charge >= 0.3 is 0 Å². The van der Waals surface area contributed by atoms with Crippen molar-refractivity contribution in [2.75, 3.05) is 24.2 Å². The Morgan fingerprint density at radius 3 is 1.96 bits per heavy atom. The van der Waals surface area contributed by atoms with E-state index in [2.05, 4.69) is 34.9 Å². The third-order valence-corrected chi connectivity index (χ3v) is 4.22. The van der Waals surface area contributed by atoms with Crippen LogP contribution in [0.5, 0.6) is 0 Å². The second-order valence-electron chi connectivity index (χ2n) is 6.62. The highest BCUT2D eigenvalue weighted by molar-refractivity contribution is 5.92. The number of rotatable bonds is 8. The van der Waals surface area contributed by atoms with Crippen LogP contribution in [0.15, 0.2) is 84.9 Å². The number of amides is 1. The molecule has 0 heterocycles. The van der Waals surface area contributed by atoms with Gasteiger partial charge < -0.3 is 10.6 Å². The van der Waals surface area contributed by atoms with Gasteiger partial charge in [0, 0.05) is 24.5 Å². The molecule has 0 aliphatic rings. The van der Waals surface area contributed by atoms with Crippen LogP contribution < -0.4 is 10.6 Å². The van der Waals surface area contributed by atoms with Gasteiger partial charge in [-0.15, -0.1) is 0 Å². The van der Waals surface area contributed by atoms with E-state index in [1.165, 1.54) is 11.1 Å². The minimum absolute atomic E-state index is 0.0153. The summed E-state index contributed by atoms with van der Waals surface area (Å²) in [5.74, 6) is -0.0153. The van der Waals surface area contributed by atoms with Gasteiger partial charge in [0.25, 0.3) is 0 Å².